The molecule has 1 aliphatic rings. The summed E-state index contributed by atoms with van der Waals surface area (Å²) in [6.45, 7) is 0. The highest BCUT2D eigenvalue weighted by Crippen LogP contribution is 2.41. The average Bonchev–Trinajstić information content (AvgIpc) is 2.95. The molecule has 1 fully saturated rings. The van der Waals surface area contributed by atoms with Crippen molar-refractivity contribution in [1.29, 1.82) is 0 Å². The number of hydrogen-bond acceptors (Lipinski definition) is 2. The van der Waals surface area contributed by atoms with E-state index in [4.69, 9.17) is 4.74 Å². The lowest BCUT2D eigenvalue weighted by molar-refractivity contribution is 0.142. The summed E-state index contributed by atoms with van der Waals surface area (Å²) in [5.41, 5.74) is -0.154. The van der Waals surface area contributed by atoms with Crippen LogP contribution in [0.4, 0.5) is 8.78 Å². The highest BCUT2D eigenvalue weighted by Gasteiger charge is 2.41. The van der Waals surface area contributed by atoms with E-state index in [0.717, 1.165) is 12.8 Å². The summed E-state index contributed by atoms with van der Waals surface area (Å²) in [5, 5.41) is 9.79. The molecule has 4 heteroatoms. The van der Waals surface area contributed by atoms with Crippen molar-refractivity contribution >= 4 is 0 Å². The van der Waals surface area contributed by atoms with E-state index in [2.05, 4.69) is 0 Å². The second-order valence-electron chi connectivity index (χ2n) is 4.24. The first-order valence-electron chi connectivity index (χ1n) is 5.22. The molecule has 2 nitrogen and oxygen atoms in total. The third-order valence-corrected chi connectivity index (χ3v) is 2.91. The van der Waals surface area contributed by atoms with Gasteiger partial charge in [0.1, 0.15) is 5.75 Å². The Morgan fingerprint density at radius 3 is 2.62 bits per heavy atom. The van der Waals surface area contributed by atoms with Gasteiger partial charge in [-0.2, -0.15) is 0 Å². The third-order valence-electron chi connectivity index (χ3n) is 2.91. The molecule has 1 aromatic carbocycles. The van der Waals surface area contributed by atoms with Gasteiger partial charge in [-0.15, -0.1) is 0 Å². The maximum Gasteiger partial charge on any atom is 0.267 e. The van der Waals surface area contributed by atoms with Crippen LogP contribution in [0.25, 0.3) is 0 Å². The van der Waals surface area contributed by atoms with Gasteiger partial charge in [0.15, 0.2) is 0 Å². The summed E-state index contributed by atoms with van der Waals surface area (Å²) in [6.07, 6.45) is -0.704. The maximum atomic E-state index is 12.7. The SMILES string of the molecule is COc1c(CC2(O)CC2)cccc1C(F)F. The summed E-state index contributed by atoms with van der Waals surface area (Å²) in [7, 11) is 1.38. The highest BCUT2D eigenvalue weighted by molar-refractivity contribution is 5.43. The highest BCUT2D eigenvalue weighted by atomic mass is 19.3. The maximum absolute atomic E-state index is 12.7. The van der Waals surface area contributed by atoms with Crippen molar-refractivity contribution in [3.8, 4) is 5.75 Å². The Kier molecular flexibility index (Phi) is 2.84. The minimum Gasteiger partial charge on any atom is -0.496 e. The first-order valence-corrected chi connectivity index (χ1v) is 5.22. The van der Waals surface area contributed by atoms with E-state index in [0.29, 0.717) is 12.0 Å². The molecular formula is C12H14F2O2. The number of aliphatic hydroxyl groups is 1. The van der Waals surface area contributed by atoms with Crippen LogP contribution in [0.5, 0.6) is 5.75 Å². The number of rotatable bonds is 4. The monoisotopic (exact) mass is 228 g/mol. The smallest absolute Gasteiger partial charge is 0.267 e. The van der Waals surface area contributed by atoms with Crippen LogP contribution >= 0.6 is 0 Å². The standard InChI is InChI=1S/C12H14F2O2/c1-16-10-8(7-12(15)5-6-12)3-2-4-9(10)11(13)14/h2-4,11,15H,5-7H2,1H3. The molecule has 0 atom stereocenters. The molecular weight excluding hydrogens is 214 g/mol. The molecule has 0 aliphatic heterocycles. The van der Waals surface area contributed by atoms with Crippen LogP contribution in [0, 0.1) is 0 Å². The number of alkyl halides is 2. The second-order valence-corrected chi connectivity index (χ2v) is 4.24. The predicted molar refractivity (Wildman–Crippen MR) is 55.8 cm³/mol. The molecule has 0 bridgehead atoms. The lowest BCUT2D eigenvalue weighted by atomic mass is 10.0. The zero-order valence-electron chi connectivity index (χ0n) is 9.04. The first kappa shape index (κ1) is 11.3. The Hall–Kier alpha value is -1.16. The van der Waals surface area contributed by atoms with Crippen molar-refractivity contribution in [2.24, 2.45) is 0 Å². The summed E-state index contributed by atoms with van der Waals surface area (Å²) in [4.78, 5) is 0. The lowest BCUT2D eigenvalue weighted by Crippen LogP contribution is -2.12. The summed E-state index contributed by atoms with van der Waals surface area (Å²) >= 11 is 0. The fourth-order valence-electron chi connectivity index (χ4n) is 1.84. The van der Waals surface area contributed by atoms with Gasteiger partial charge in [-0.25, -0.2) is 8.78 Å². The number of benzene rings is 1. The van der Waals surface area contributed by atoms with Crippen molar-refractivity contribution in [2.75, 3.05) is 7.11 Å². The van der Waals surface area contributed by atoms with E-state index in [1.807, 2.05) is 0 Å². The van der Waals surface area contributed by atoms with E-state index in [-0.39, 0.29) is 11.3 Å². The number of methoxy groups -OCH3 is 1. The van der Waals surface area contributed by atoms with Crippen molar-refractivity contribution < 1.29 is 18.6 Å². The van der Waals surface area contributed by atoms with Gasteiger partial charge < -0.3 is 9.84 Å². The molecule has 1 aliphatic carbocycles. The summed E-state index contributed by atoms with van der Waals surface area (Å²) in [6, 6.07) is 4.65. The zero-order chi connectivity index (χ0) is 11.8. The van der Waals surface area contributed by atoms with Crippen LogP contribution in [-0.2, 0) is 6.42 Å². The molecule has 1 aromatic rings. The number of hydrogen-bond donors (Lipinski definition) is 1. The topological polar surface area (TPSA) is 29.5 Å². The normalized spacial score (nSPS) is 17.6. The molecule has 0 spiro atoms. The number of para-hydroxylation sites is 1. The summed E-state index contributed by atoms with van der Waals surface area (Å²) in [5.74, 6) is 0.206. The number of halogens is 2. The van der Waals surface area contributed by atoms with Crippen LogP contribution in [0.2, 0.25) is 0 Å². The first-order chi connectivity index (χ1) is 7.56. The molecule has 1 N–H and O–H groups in total. The molecule has 1 saturated carbocycles. The van der Waals surface area contributed by atoms with E-state index >= 15 is 0 Å². The Bertz CT molecular complexity index is 387. The molecule has 0 radical (unpaired) electrons. The molecule has 2 rings (SSSR count). The largest absolute Gasteiger partial charge is 0.496 e. The van der Waals surface area contributed by atoms with Crippen molar-refractivity contribution in [1.82, 2.24) is 0 Å². The van der Waals surface area contributed by atoms with E-state index in [1.165, 1.54) is 13.2 Å². The molecule has 0 heterocycles. The number of ether oxygens (including phenoxy) is 1. The Morgan fingerprint density at radius 1 is 1.44 bits per heavy atom. The minimum absolute atomic E-state index is 0.107. The van der Waals surface area contributed by atoms with Gasteiger partial charge in [0.05, 0.1) is 18.3 Å². The second kappa shape index (κ2) is 4.01. The molecule has 88 valence electrons. The van der Waals surface area contributed by atoms with Crippen LogP contribution in [-0.4, -0.2) is 17.8 Å². The predicted octanol–water partition coefficient (Wildman–Crippen LogP) is 2.70. The van der Waals surface area contributed by atoms with Gasteiger partial charge in [-0.05, 0) is 24.5 Å². The van der Waals surface area contributed by atoms with Crippen LogP contribution in [0.15, 0.2) is 18.2 Å². The van der Waals surface area contributed by atoms with E-state index in [1.54, 1.807) is 12.1 Å². The van der Waals surface area contributed by atoms with Gasteiger partial charge in [0, 0.05) is 6.42 Å². The van der Waals surface area contributed by atoms with Crippen molar-refractivity contribution in [2.45, 2.75) is 31.3 Å². The zero-order valence-corrected chi connectivity index (χ0v) is 9.04. The van der Waals surface area contributed by atoms with Gasteiger partial charge in [-0.1, -0.05) is 12.1 Å². The summed E-state index contributed by atoms with van der Waals surface area (Å²) < 4.78 is 30.4. The molecule has 0 aromatic heterocycles. The Morgan fingerprint density at radius 2 is 2.12 bits per heavy atom. The van der Waals surface area contributed by atoms with E-state index < -0.39 is 12.0 Å². The lowest BCUT2D eigenvalue weighted by Gasteiger charge is -2.15. The van der Waals surface area contributed by atoms with Crippen LogP contribution < -0.4 is 4.74 Å². The van der Waals surface area contributed by atoms with Crippen molar-refractivity contribution in [3.63, 3.8) is 0 Å². The molecule has 0 unspecified atom stereocenters. The van der Waals surface area contributed by atoms with Crippen LogP contribution in [0.3, 0.4) is 0 Å². The molecule has 0 amide bonds. The molecule has 0 saturated heterocycles. The molecule has 16 heavy (non-hydrogen) atoms. The Balaban J connectivity index is 2.32. The van der Waals surface area contributed by atoms with E-state index in [9.17, 15) is 13.9 Å². The van der Waals surface area contributed by atoms with Gasteiger partial charge in [0.2, 0.25) is 0 Å². The van der Waals surface area contributed by atoms with Crippen LogP contribution in [0.1, 0.15) is 30.4 Å². The van der Waals surface area contributed by atoms with Gasteiger partial charge >= 0.3 is 0 Å². The fraction of sp³-hybridized carbons (Fsp3) is 0.500. The quantitative estimate of drug-likeness (QED) is 0.858. The average molecular weight is 228 g/mol. The minimum atomic E-state index is -2.55. The van der Waals surface area contributed by atoms with Crippen molar-refractivity contribution in [3.05, 3.63) is 29.3 Å². The fourth-order valence-corrected chi connectivity index (χ4v) is 1.84. The third kappa shape index (κ3) is 2.16. The van der Waals surface area contributed by atoms with Gasteiger partial charge in [-0.3, -0.25) is 0 Å². The van der Waals surface area contributed by atoms with Gasteiger partial charge in [0.25, 0.3) is 6.43 Å². The Labute approximate surface area is 92.9 Å².